The van der Waals surface area contributed by atoms with Gasteiger partial charge in [-0.1, -0.05) is 46.3 Å². The highest BCUT2D eigenvalue weighted by Crippen LogP contribution is 2.35. The second-order valence-corrected chi connectivity index (χ2v) is 8.31. The zero-order valence-corrected chi connectivity index (χ0v) is 20.5. The minimum Gasteiger partial charge on any atom is -0.493 e. The number of rotatable bonds is 7. The maximum atomic E-state index is 13.2. The smallest absolute Gasteiger partial charge is 0.335 e. The molecule has 1 aliphatic rings. The first-order valence-corrected chi connectivity index (χ1v) is 11.3. The molecule has 0 aromatic heterocycles. The van der Waals surface area contributed by atoms with E-state index in [0.717, 1.165) is 10.5 Å². The van der Waals surface area contributed by atoms with Crippen molar-refractivity contribution in [3.8, 4) is 17.2 Å². The van der Waals surface area contributed by atoms with Gasteiger partial charge in [-0.15, -0.1) is 0 Å². The van der Waals surface area contributed by atoms with Gasteiger partial charge in [0.1, 0.15) is 17.9 Å². The molecule has 0 unspecified atom stereocenters. The number of benzene rings is 3. The molecule has 1 aliphatic heterocycles. The molecular weight excluding hydrogens is 516 g/mol. The summed E-state index contributed by atoms with van der Waals surface area (Å²) >= 11 is 3.41. The Hall–Kier alpha value is -4.11. The van der Waals surface area contributed by atoms with Gasteiger partial charge < -0.3 is 14.2 Å². The third-order valence-corrected chi connectivity index (χ3v) is 5.93. The predicted molar refractivity (Wildman–Crippen MR) is 133 cm³/mol. The van der Waals surface area contributed by atoms with Crippen molar-refractivity contribution in [3.05, 3.63) is 87.9 Å². The second kappa shape index (κ2) is 10.4. The number of urea groups is 1. The Labute approximate surface area is 210 Å². The summed E-state index contributed by atoms with van der Waals surface area (Å²) in [5.74, 6) is -0.0692. The van der Waals surface area contributed by atoms with Gasteiger partial charge in [0, 0.05) is 4.47 Å². The third kappa shape index (κ3) is 5.20. The summed E-state index contributed by atoms with van der Waals surface area (Å²) in [4.78, 5) is 39.2. The van der Waals surface area contributed by atoms with Crippen LogP contribution in [0.1, 0.15) is 11.1 Å². The van der Waals surface area contributed by atoms with E-state index in [1.165, 1.54) is 20.3 Å². The third-order valence-electron chi connectivity index (χ3n) is 5.25. The van der Waals surface area contributed by atoms with Crippen LogP contribution in [0.15, 0.2) is 76.8 Å². The average Bonchev–Trinajstić information content (AvgIpc) is 2.87. The number of hydrogen-bond acceptors (Lipinski definition) is 6. The van der Waals surface area contributed by atoms with Gasteiger partial charge in [0.05, 0.1) is 19.9 Å². The fourth-order valence-electron chi connectivity index (χ4n) is 3.46. The fraction of sp³-hybridized carbons (Fsp3) is 0.115. The molecule has 8 nitrogen and oxygen atoms in total. The molecule has 0 bridgehead atoms. The highest BCUT2D eigenvalue weighted by molar-refractivity contribution is 9.10. The SMILES string of the molecule is COc1cc(Br)c(/C=C2\C(=O)NC(=O)N(c3ccc(OCc4ccccc4)cc3)C2=O)cc1OC. The lowest BCUT2D eigenvalue weighted by atomic mass is 10.1. The van der Waals surface area contributed by atoms with E-state index in [9.17, 15) is 14.4 Å². The number of ether oxygens (including phenoxy) is 3. The molecule has 35 heavy (non-hydrogen) atoms. The van der Waals surface area contributed by atoms with Crippen molar-refractivity contribution in [2.45, 2.75) is 6.61 Å². The largest absolute Gasteiger partial charge is 0.493 e. The summed E-state index contributed by atoms with van der Waals surface area (Å²) in [5, 5.41) is 2.22. The number of carbonyl (C=O) groups is 3. The maximum absolute atomic E-state index is 13.2. The molecular formula is C26H21BrN2O6. The zero-order valence-electron chi connectivity index (χ0n) is 18.9. The topological polar surface area (TPSA) is 94.2 Å². The van der Waals surface area contributed by atoms with Gasteiger partial charge in [-0.2, -0.15) is 0 Å². The van der Waals surface area contributed by atoms with E-state index in [4.69, 9.17) is 14.2 Å². The Morgan fingerprint density at radius 3 is 2.23 bits per heavy atom. The molecule has 0 spiro atoms. The lowest BCUT2D eigenvalue weighted by Gasteiger charge is -2.26. The molecule has 1 fully saturated rings. The fourth-order valence-corrected chi connectivity index (χ4v) is 3.90. The van der Waals surface area contributed by atoms with Crippen molar-refractivity contribution in [1.29, 1.82) is 0 Å². The lowest BCUT2D eigenvalue weighted by Crippen LogP contribution is -2.54. The van der Waals surface area contributed by atoms with E-state index in [1.807, 2.05) is 30.3 Å². The highest BCUT2D eigenvalue weighted by atomic mass is 79.9. The van der Waals surface area contributed by atoms with Crippen molar-refractivity contribution in [2.24, 2.45) is 0 Å². The molecule has 4 amide bonds. The minimum atomic E-state index is -0.832. The van der Waals surface area contributed by atoms with Gasteiger partial charge in [-0.3, -0.25) is 14.9 Å². The number of nitrogens with one attached hydrogen (secondary N) is 1. The number of nitrogens with zero attached hydrogens (tertiary/aromatic N) is 1. The molecule has 1 saturated heterocycles. The quantitative estimate of drug-likeness (QED) is 0.347. The number of halogens is 1. The first-order chi connectivity index (χ1) is 16.9. The second-order valence-electron chi connectivity index (χ2n) is 7.45. The monoisotopic (exact) mass is 536 g/mol. The maximum Gasteiger partial charge on any atom is 0.335 e. The van der Waals surface area contributed by atoms with Crippen LogP contribution in [0.2, 0.25) is 0 Å². The molecule has 0 atom stereocenters. The number of amides is 4. The van der Waals surface area contributed by atoms with E-state index >= 15 is 0 Å². The van der Waals surface area contributed by atoms with Crippen molar-refractivity contribution in [2.75, 3.05) is 19.1 Å². The van der Waals surface area contributed by atoms with Gasteiger partial charge >= 0.3 is 6.03 Å². The summed E-state index contributed by atoms with van der Waals surface area (Å²) in [7, 11) is 2.98. The molecule has 1 heterocycles. The molecule has 0 radical (unpaired) electrons. The molecule has 0 saturated carbocycles. The molecule has 3 aromatic rings. The van der Waals surface area contributed by atoms with Gasteiger partial charge in [-0.25, -0.2) is 9.69 Å². The van der Waals surface area contributed by atoms with Crippen molar-refractivity contribution in [1.82, 2.24) is 5.32 Å². The number of barbiturate groups is 1. The lowest BCUT2D eigenvalue weighted by molar-refractivity contribution is -0.122. The normalized spacial score (nSPS) is 14.7. The van der Waals surface area contributed by atoms with E-state index in [-0.39, 0.29) is 5.57 Å². The van der Waals surface area contributed by atoms with Gasteiger partial charge in [0.25, 0.3) is 11.8 Å². The van der Waals surface area contributed by atoms with Crippen molar-refractivity contribution < 1.29 is 28.6 Å². The molecule has 178 valence electrons. The Bertz CT molecular complexity index is 1310. The van der Waals surface area contributed by atoms with Crippen LogP contribution in [0.25, 0.3) is 6.08 Å². The Morgan fingerprint density at radius 1 is 0.914 bits per heavy atom. The van der Waals surface area contributed by atoms with Crippen LogP contribution in [0.5, 0.6) is 17.2 Å². The van der Waals surface area contributed by atoms with Gasteiger partial charge in [-0.05, 0) is 53.6 Å². The van der Waals surface area contributed by atoms with Crippen LogP contribution in [0.3, 0.4) is 0 Å². The highest BCUT2D eigenvalue weighted by Gasteiger charge is 2.37. The minimum absolute atomic E-state index is 0.207. The van der Waals surface area contributed by atoms with Crippen LogP contribution in [0, 0.1) is 0 Å². The van der Waals surface area contributed by atoms with E-state index in [1.54, 1.807) is 36.4 Å². The number of methoxy groups -OCH3 is 2. The van der Waals surface area contributed by atoms with E-state index < -0.39 is 17.8 Å². The van der Waals surface area contributed by atoms with Crippen LogP contribution < -0.4 is 24.4 Å². The Balaban J connectivity index is 1.58. The van der Waals surface area contributed by atoms with Crippen LogP contribution in [0.4, 0.5) is 10.5 Å². The Morgan fingerprint density at radius 2 is 1.57 bits per heavy atom. The molecule has 9 heteroatoms. The molecule has 4 rings (SSSR count). The molecule has 0 aliphatic carbocycles. The zero-order chi connectivity index (χ0) is 24.9. The number of anilines is 1. The van der Waals surface area contributed by atoms with Crippen LogP contribution in [-0.2, 0) is 16.2 Å². The predicted octanol–water partition coefficient (Wildman–Crippen LogP) is 4.71. The van der Waals surface area contributed by atoms with Crippen LogP contribution >= 0.6 is 15.9 Å². The first-order valence-electron chi connectivity index (χ1n) is 10.5. The summed E-state index contributed by atoms with van der Waals surface area (Å²) in [6.07, 6.45) is 1.39. The number of imide groups is 2. The Kier molecular flexibility index (Phi) is 7.17. The first kappa shape index (κ1) is 24.0. The number of hydrogen-bond donors (Lipinski definition) is 1. The average molecular weight is 537 g/mol. The summed E-state index contributed by atoms with van der Waals surface area (Å²) < 4.78 is 16.9. The van der Waals surface area contributed by atoms with E-state index in [2.05, 4.69) is 21.2 Å². The van der Waals surface area contributed by atoms with Crippen molar-refractivity contribution in [3.63, 3.8) is 0 Å². The summed E-state index contributed by atoms with van der Waals surface area (Å²) in [6, 6.07) is 18.6. The van der Waals surface area contributed by atoms with Gasteiger partial charge in [0.15, 0.2) is 11.5 Å². The number of carbonyl (C=O) groups excluding carboxylic acids is 3. The summed E-state index contributed by atoms with van der Waals surface area (Å²) in [5.41, 5.74) is 1.60. The molecule has 1 N–H and O–H groups in total. The van der Waals surface area contributed by atoms with Crippen LogP contribution in [-0.4, -0.2) is 32.1 Å². The van der Waals surface area contributed by atoms with Gasteiger partial charge in [0.2, 0.25) is 0 Å². The molecule has 3 aromatic carbocycles. The summed E-state index contributed by atoms with van der Waals surface area (Å²) in [6.45, 7) is 0.380. The standard InChI is InChI=1S/C26H21BrN2O6/c1-33-22-13-17(21(27)14-23(22)34-2)12-20-24(30)28-26(32)29(25(20)31)18-8-10-19(11-9-18)35-15-16-6-4-3-5-7-16/h3-14H,15H2,1-2H3,(H,28,30,32)/b20-12+. The van der Waals surface area contributed by atoms with E-state index in [0.29, 0.717) is 39.6 Å². The van der Waals surface area contributed by atoms with Crippen molar-refractivity contribution >= 4 is 45.5 Å².